The molecular weight excluding hydrogens is 558 g/mol. The summed E-state index contributed by atoms with van der Waals surface area (Å²) in [5.74, 6) is -1.36. The third-order valence-electron chi connectivity index (χ3n) is 6.70. The molecule has 1 atom stereocenters. The lowest BCUT2D eigenvalue weighted by molar-refractivity contribution is -0.862. The second kappa shape index (κ2) is 12.0. The molecule has 1 unspecified atom stereocenters. The molecule has 1 aliphatic heterocycles. The molecule has 224 valence electrons. The van der Waals surface area contributed by atoms with E-state index in [9.17, 15) is 24.3 Å². The van der Waals surface area contributed by atoms with Crippen LogP contribution in [0.1, 0.15) is 55.2 Å². The van der Waals surface area contributed by atoms with E-state index in [1.807, 2.05) is 52.2 Å². The van der Waals surface area contributed by atoms with Gasteiger partial charge in [-0.1, -0.05) is 20.8 Å². The van der Waals surface area contributed by atoms with E-state index >= 15 is 0 Å². The van der Waals surface area contributed by atoms with Crippen LogP contribution in [0.5, 0.6) is 0 Å². The maximum atomic E-state index is 13.6. The first kappa shape index (κ1) is 30.8. The Morgan fingerprint density at radius 1 is 1.21 bits per heavy atom. The highest BCUT2D eigenvalue weighted by molar-refractivity contribution is 7.14. The van der Waals surface area contributed by atoms with Crippen molar-refractivity contribution in [1.29, 1.82) is 0 Å². The van der Waals surface area contributed by atoms with Gasteiger partial charge in [-0.25, -0.2) is 14.8 Å². The summed E-state index contributed by atoms with van der Waals surface area (Å²) < 4.78 is 1.78. The average Bonchev–Trinajstić information content (AvgIpc) is 3.36. The predicted octanol–water partition coefficient (Wildman–Crippen LogP) is 2.59. The number of rotatable bonds is 8. The van der Waals surface area contributed by atoms with Gasteiger partial charge >= 0.3 is 5.97 Å². The van der Waals surface area contributed by atoms with E-state index in [1.54, 1.807) is 0 Å². The minimum Gasteiger partial charge on any atom is -0.478 e. The fraction of sp³-hybridized carbons (Fsp3) is 0.448. The van der Waals surface area contributed by atoms with Crippen LogP contribution in [0.15, 0.2) is 34.6 Å². The lowest BCUT2D eigenvalue weighted by atomic mass is 9.93. The summed E-state index contributed by atoms with van der Waals surface area (Å²) in [6.07, 6.45) is 5.11. The summed E-state index contributed by atoms with van der Waals surface area (Å²) in [6, 6.07) is 2.87. The van der Waals surface area contributed by atoms with E-state index in [0.29, 0.717) is 40.6 Å². The van der Waals surface area contributed by atoms with Crippen molar-refractivity contribution >= 4 is 51.8 Å². The highest BCUT2D eigenvalue weighted by Crippen LogP contribution is 2.27. The van der Waals surface area contributed by atoms with Gasteiger partial charge in [-0.3, -0.25) is 24.1 Å². The second-order valence-electron chi connectivity index (χ2n) is 12.5. The number of likely N-dealkylation sites (N-methyl/N-ethyl adjacent to an activating group) is 1. The molecule has 0 bridgehead atoms. The van der Waals surface area contributed by atoms with Crippen LogP contribution in [0.3, 0.4) is 0 Å². The maximum absolute atomic E-state index is 13.6. The zero-order valence-electron chi connectivity index (χ0n) is 24.8. The molecule has 0 aromatic carbocycles. The summed E-state index contributed by atoms with van der Waals surface area (Å²) in [4.78, 5) is 61.7. The van der Waals surface area contributed by atoms with Crippen LogP contribution in [0, 0.1) is 0 Å². The zero-order valence-corrected chi connectivity index (χ0v) is 25.6. The van der Waals surface area contributed by atoms with E-state index < -0.39 is 17.4 Å². The van der Waals surface area contributed by atoms with Crippen molar-refractivity contribution < 1.29 is 24.0 Å². The van der Waals surface area contributed by atoms with Crippen LogP contribution in [-0.2, 0) is 15.0 Å². The van der Waals surface area contributed by atoms with Crippen molar-refractivity contribution in [3.8, 4) is 0 Å². The van der Waals surface area contributed by atoms with Gasteiger partial charge in [0.2, 0.25) is 0 Å². The molecule has 3 N–H and O–H groups in total. The summed E-state index contributed by atoms with van der Waals surface area (Å²) in [6.45, 7) is 7.42. The van der Waals surface area contributed by atoms with Gasteiger partial charge in [0, 0.05) is 47.8 Å². The zero-order chi connectivity index (χ0) is 30.8. The third-order valence-corrected chi connectivity index (χ3v) is 7.45. The topological polar surface area (TPSA) is 146 Å². The van der Waals surface area contributed by atoms with E-state index in [1.165, 1.54) is 40.1 Å². The quantitative estimate of drug-likeness (QED) is 0.266. The third kappa shape index (κ3) is 7.59. The Balaban J connectivity index is 1.67. The van der Waals surface area contributed by atoms with Crippen LogP contribution in [0.4, 0.5) is 10.9 Å². The Morgan fingerprint density at radius 3 is 2.60 bits per heavy atom. The Bertz CT molecular complexity index is 1600. The molecular formula is C29H38N7O5S+. The second-order valence-corrected chi connectivity index (χ2v) is 13.4. The molecule has 3 aromatic rings. The summed E-state index contributed by atoms with van der Waals surface area (Å²) in [5.41, 5.74) is 0.890. The van der Waals surface area contributed by atoms with Crippen LogP contribution in [-0.4, -0.2) is 88.6 Å². The number of fused-ring (bicyclic) bond motifs is 1. The Hall–Kier alpha value is -4.10. The minimum absolute atomic E-state index is 0.0719. The number of aromatic nitrogens is 3. The number of carboxylic acids is 1. The molecule has 0 radical (unpaired) electrons. The molecule has 2 amide bonds. The van der Waals surface area contributed by atoms with Crippen molar-refractivity contribution in [3.05, 3.63) is 57.0 Å². The highest BCUT2D eigenvalue weighted by atomic mass is 32.1. The summed E-state index contributed by atoms with van der Waals surface area (Å²) in [7, 11) is 5.82. The van der Waals surface area contributed by atoms with E-state index in [4.69, 9.17) is 4.98 Å². The van der Waals surface area contributed by atoms with E-state index in [0.717, 1.165) is 24.6 Å². The van der Waals surface area contributed by atoms with Crippen LogP contribution in [0.2, 0.25) is 0 Å². The molecule has 1 fully saturated rings. The number of thiazole rings is 1. The lowest BCUT2D eigenvalue weighted by Crippen LogP contribution is -2.52. The standard InChI is InChI=1S/C29H37N7O5S/c1-29(2,3)21-17-42-28(31-21)33-26(40)18-11-13-35-22(14-18)32-25(20(27(35)41)9-10-24(38)39)34-12-7-8-19(15-34)30-23(37)16-36(4,5)6/h9-11,13-14,17,19H,7-8,12,15-16H2,1-6H3,(H2-,30,31,33,37,38,39,40)/p+1. The molecule has 3 aromatic heterocycles. The van der Waals surface area contributed by atoms with Crippen LogP contribution < -0.4 is 21.1 Å². The normalized spacial score (nSPS) is 16.1. The highest BCUT2D eigenvalue weighted by Gasteiger charge is 2.27. The first-order valence-electron chi connectivity index (χ1n) is 13.7. The van der Waals surface area contributed by atoms with Crippen molar-refractivity contribution in [3.63, 3.8) is 0 Å². The van der Waals surface area contributed by atoms with Crippen molar-refractivity contribution in [2.45, 2.75) is 45.1 Å². The fourth-order valence-corrected chi connectivity index (χ4v) is 5.59. The largest absolute Gasteiger partial charge is 0.478 e. The Labute approximate surface area is 248 Å². The maximum Gasteiger partial charge on any atom is 0.328 e. The van der Waals surface area contributed by atoms with Crippen LogP contribution in [0.25, 0.3) is 11.7 Å². The number of hydrogen-bond acceptors (Lipinski definition) is 8. The molecule has 0 saturated carbocycles. The summed E-state index contributed by atoms with van der Waals surface area (Å²) in [5, 5.41) is 17.5. The number of piperidine rings is 1. The lowest BCUT2D eigenvalue weighted by Gasteiger charge is -2.35. The predicted molar refractivity (Wildman–Crippen MR) is 163 cm³/mol. The number of carboxylic acid groups (broad SMARTS) is 1. The minimum atomic E-state index is -1.20. The molecule has 1 aliphatic rings. The monoisotopic (exact) mass is 596 g/mol. The van der Waals surface area contributed by atoms with Gasteiger partial charge in [-0.05, 0) is 31.1 Å². The molecule has 12 nitrogen and oxygen atoms in total. The first-order valence-corrected chi connectivity index (χ1v) is 14.6. The number of anilines is 2. The van der Waals surface area contributed by atoms with Gasteiger partial charge in [0.25, 0.3) is 17.4 Å². The number of amides is 2. The average molecular weight is 597 g/mol. The van der Waals surface area contributed by atoms with Crippen molar-refractivity contribution in [2.75, 3.05) is 51.0 Å². The van der Waals surface area contributed by atoms with Gasteiger partial charge < -0.3 is 19.8 Å². The van der Waals surface area contributed by atoms with E-state index in [2.05, 4.69) is 15.6 Å². The van der Waals surface area contributed by atoms with Crippen LogP contribution >= 0.6 is 11.3 Å². The number of carbonyl (C=O) groups is 3. The smallest absolute Gasteiger partial charge is 0.328 e. The van der Waals surface area contributed by atoms with Gasteiger partial charge in [0.1, 0.15) is 11.5 Å². The number of nitrogens with zero attached hydrogens (tertiary/aromatic N) is 5. The Kier molecular flexibility index (Phi) is 8.83. The number of nitrogens with one attached hydrogen (secondary N) is 2. The molecule has 1 saturated heterocycles. The van der Waals surface area contributed by atoms with E-state index in [-0.39, 0.29) is 28.6 Å². The van der Waals surface area contributed by atoms with Crippen molar-refractivity contribution in [2.24, 2.45) is 0 Å². The number of carbonyl (C=O) groups excluding carboxylic acids is 2. The van der Waals surface area contributed by atoms with Gasteiger partial charge in [-0.15, -0.1) is 11.3 Å². The number of pyridine rings is 1. The molecule has 4 rings (SSSR count). The molecule has 0 spiro atoms. The van der Waals surface area contributed by atoms with Gasteiger partial charge in [0.05, 0.1) is 32.4 Å². The Morgan fingerprint density at radius 2 is 1.95 bits per heavy atom. The number of aliphatic carboxylic acids is 1. The van der Waals surface area contributed by atoms with Gasteiger partial charge in [-0.2, -0.15) is 0 Å². The fourth-order valence-electron chi connectivity index (χ4n) is 4.66. The van der Waals surface area contributed by atoms with Gasteiger partial charge in [0.15, 0.2) is 11.7 Å². The molecule has 42 heavy (non-hydrogen) atoms. The van der Waals surface area contributed by atoms with Crippen molar-refractivity contribution in [1.82, 2.24) is 19.7 Å². The summed E-state index contributed by atoms with van der Waals surface area (Å²) >= 11 is 1.34. The SMILES string of the molecule is CC(C)(C)c1csc(NC(=O)c2ccn3c(=O)c(C=CC(=O)O)c(N4CCCC(NC(=O)C[N+](C)(C)C)C4)nc3c2)n1. The number of hydrogen-bond donors (Lipinski definition) is 3. The molecule has 0 aliphatic carbocycles. The number of quaternary nitrogens is 1. The molecule has 4 heterocycles. The first-order chi connectivity index (χ1) is 19.6. The molecule has 13 heteroatoms.